The molecule has 3 atom stereocenters. The predicted octanol–water partition coefficient (Wildman–Crippen LogP) is 1.36. The van der Waals surface area contributed by atoms with Gasteiger partial charge in [0.2, 0.25) is 0 Å². The number of hydrogen-bond donors (Lipinski definition) is 1. The largest absolute Gasteiger partial charge is 0.393 e. The van der Waals surface area contributed by atoms with Gasteiger partial charge >= 0.3 is 0 Å². The van der Waals surface area contributed by atoms with E-state index < -0.39 is 0 Å². The molecule has 1 aliphatic rings. The number of aliphatic hydroxyl groups is 1. The van der Waals surface area contributed by atoms with Gasteiger partial charge in [-0.2, -0.15) is 5.10 Å². The molecule has 4 nitrogen and oxygen atoms in total. The Labute approximate surface area is 94.9 Å². The maximum absolute atomic E-state index is 11.7. The van der Waals surface area contributed by atoms with E-state index in [2.05, 4.69) is 12.0 Å². The van der Waals surface area contributed by atoms with E-state index in [-0.39, 0.29) is 17.7 Å². The molecule has 88 valence electrons. The van der Waals surface area contributed by atoms with Crippen LogP contribution in [0.2, 0.25) is 0 Å². The third-order valence-corrected chi connectivity index (χ3v) is 3.51. The Morgan fingerprint density at radius 3 is 3.06 bits per heavy atom. The van der Waals surface area contributed by atoms with E-state index >= 15 is 0 Å². The lowest BCUT2D eigenvalue weighted by molar-refractivity contribution is 0.0648. The SMILES string of the molecule is CCC1CCC(O)CC1n1ncccc1=O. The van der Waals surface area contributed by atoms with Gasteiger partial charge in [0.1, 0.15) is 0 Å². The van der Waals surface area contributed by atoms with Crippen molar-refractivity contribution >= 4 is 0 Å². The van der Waals surface area contributed by atoms with Crippen LogP contribution >= 0.6 is 0 Å². The van der Waals surface area contributed by atoms with E-state index in [1.807, 2.05) is 0 Å². The predicted molar refractivity (Wildman–Crippen MR) is 61.2 cm³/mol. The lowest BCUT2D eigenvalue weighted by atomic mass is 9.81. The first-order chi connectivity index (χ1) is 7.72. The van der Waals surface area contributed by atoms with Crippen LogP contribution in [0.1, 0.15) is 38.6 Å². The van der Waals surface area contributed by atoms with Crippen molar-refractivity contribution in [2.45, 2.75) is 44.8 Å². The minimum Gasteiger partial charge on any atom is -0.393 e. The van der Waals surface area contributed by atoms with E-state index in [0.717, 1.165) is 19.3 Å². The Hall–Kier alpha value is -1.16. The van der Waals surface area contributed by atoms with E-state index in [1.54, 1.807) is 12.3 Å². The molecule has 3 unspecified atom stereocenters. The first-order valence-corrected chi connectivity index (χ1v) is 5.94. The molecular formula is C12H18N2O2. The number of hydrogen-bond acceptors (Lipinski definition) is 3. The molecule has 2 rings (SSSR count). The van der Waals surface area contributed by atoms with Crippen LogP contribution in [0, 0.1) is 5.92 Å². The molecule has 16 heavy (non-hydrogen) atoms. The first-order valence-electron chi connectivity index (χ1n) is 5.94. The molecule has 1 aromatic rings. The van der Waals surface area contributed by atoms with Crippen molar-refractivity contribution in [1.29, 1.82) is 0 Å². The minimum atomic E-state index is -0.290. The fraction of sp³-hybridized carbons (Fsp3) is 0.667. The molecule has 0 radical (unpaired) electrons. The van der Waals surface area contributed by atoms with Gasteiger partial charge in [-0.25, -0.2) is 4.68 Å². The highest BCUT2D eigenvalue weighted by molar-refractivity contribution is 4.90. The molecular weight excluding hydrogens is 204 g/mol. The Bertz CT molecular complexity index is 402. The fourth-order valence-electron chi connectivity index (χ4n) is 2.58. The van der Waals surface area contributed by atoms with Crippen molar-refractivity contribution < 1.29 is 5.11 Å². The summed E-state index contributed by atoms with van der Waals surface area (Å²) in [5.74, 6) is 0.455. The van der Waals surface area contributed by atoms with Crippen LogP contribution < -0.4 is 5.56 Å². The summed E-state index contributed by atoms with van der Waals surface area (Å²) in [6.45, 7) is 2.13. The third kappa shape index (κ3) is 2.16. The van der Waals surface area contributed by atoms with Gasteiger partial charge in [-0.05, 0) is 31.2 Å². The van der Waals surface area contributed by atoms with Gasteiger partial charge in [0, 0.05) is 12.3 Å². The Morgan fingerprint density at radius 2 is 2.38 bits per heavy atom. The smallest absolute Gasteiger partial charge is 0.266 e. The highest BCUT2D eigenvalue weighted by Crippen LogP contribution is 2.34. The first kappa shape index (κ1) is 11.3. The summed E-state index contributed by atoms with van der Waals surface area (Å²) < 4.78 is 1.54. The topological polar surface area (TPSA) is 55.1 Å². The molecule has 0 saturated heterocycles. The summed E-state index contributed by atoms with van der Waals surface area (Å²) in [5.41, 5.74) is -0.0694. The zero-order chi connectivity index (χ0) is 11.5. The van der Waals surface area contributed by atoms with Crippen LogP contribution in [-0.4, -0.2) is 21.0 Å². The normalized spacial score (nSPS) is 30.2. The van der Waals surface area contributed by atoms with Gasteiger partial charge in [0.05, 0.1) is 12.1 Å². The van der Waals surface area contributed by atoms with Gasteiger partial charge in [-0.1, -0.05) is 13.3 Å². The van der Waals surface area contributed by atoms with Gasteiger partial charge in [-0.15, -0.1) is 0 Å². The molecule has 0 bridgehead atoms. The zero-order valence-corrected chi connectivity index (χ0v) is 9.54. The van der Waals surface area contributed by atoms with Crippen molar-refractivity contribution in [3.8, 4) is 0 Å². The molecule has 1 fully saturated rings. The lowest BCUT2D eigenvalue weighted by Crippen LogP contribution is -2.36. The van der Waals surface area contributed by atoms with Crippen molar-refractivity contribution in [2.24, 2.45) is 5.92 Å². The van der Waals surface area contributed by atoms with Crippen molar-refractivity contribution in [3.05, 3.63) is 28.7 Å². The monoisotopic (exact) mass is 222 g/mol. The second-order valence-electron chi connectivity index (χ2n) is 4.51. The summed E-state index contributed by atoms with van der Waals surface area (Å²) in [7, 11) is 0. The molecule has 1 heterocycles. The number of nitrogens with zero attached hydrogens (tertiary/aromatic N) is 2. The molecule has 1 aromatic heterocycles. The van der Waals surface area contributed by atoms with Gasteiger partial charge in [-0.3, -0.25) is 4.79 Å². The highest BCUT2D eigenvalue weighted by Gasteiger charge is 2.30. The summed E-state index contributed by atoms with van der Waals surface area (Å²) >= 11 is 0. The number of rotatable bonds is 2. The lowest BCUT2D eigenvalue weighted by Gasteiger charge is -2.33. The standard InChI is InChI=1S/C12H18N2O2/c1-2-9-5-6-10(15)8-11(9)14-12(16)4-3-7-13-14/h3-4,7,9-11,15H,2,5-6,8H2,1H3. The third-order valence-electron chi connectivity index (χ3n) is 3.51. The van der Waals surface area contributed by atoms with Crippen LogP contribution in [0.15, 0.2) is 23.1 Å². The van der Waals surface area contributed by atoms with Crippen LogP contribution in [0.5, 0.6) is 0 Å². The fourth-order valence-corrected chi connectivity index (χ4v) is 2.58. The second-order valence-corrected chi connectivity index (χ2v) is 4.51. The molecule has 0 aliphatic heterocycles. The number of aromatic nitrogens is 2. The van der Waals surface area contributed by atoms with E-state index in [1.165, 1.54) is 10.7 Å². The number of aliphatic hydroxyl groups excluding tert-OH is 1. The molecule has 1 aliphatic carbocycles. The van der Waals surface area contributed by atoms with Crippen molar-refractivity contribution in [2.75, 3.05) is 0 Å². The van der Waals surface area contributed by atoms with E-state index in [0.29, 0.717) is 12.3 Å². The highest BCUT2D eigenvalue weighted by atomic mass is 16.3. The summed E-state index contributed by atoms with van der Waals surface area (Å²) in [6, 6.07) is 3.24. The Kier molecular flexibility index (Phi) is 3.39. The molecule has 1 saturated carbocycles. The minimum absolute atomic E-state index is 0.0578. The Balaban J connectivity index is 2.29. The molecule has 0 aromatic carbocycles. The van der Waals surface area contributed by atoms with E-state index in [9.17, 15) is 9.90 Å². The van der Waals surface area contributed by atoms with Crippen molar-refractivity contribution in [1.82, 2.24) is 9.78 Å². The summed E-state index contributed by atoms with van der Waals surface area (Å²) in [6.07, 6.45) is 4.84. The maximum atomic E-state index is 11.7. The quantitative estimate of drug-likeness (QED) is 0.822. The van der Waals surface area contributed by atoms with Crippen LogP contribution in [-0.2, 0) is 0 Å². The van der Waals surface area contributed by atoms with Crippen LogP contribution in [0.3, 0.4) is 0 Å². The van der Waals surface area contributed by atoms with E-state index in [4.69, 9.17) is 0 Å². The van der Waals surface area contributed by atoms with Gasteiger partial charge in [0.15, 0.2) is 0 Å². The maximum Gasteiger partial charge on any atom is 0.266 e. The van der Waals surface area contributed by atoms with Crippen molar-refractivity contribution in [3.63, 3.8) is 0 Å². The second kappa shape index (κ2) is 4.78. The van der Waals surface area contributed by atoms with Crippen LogP contribution in [0.4, 0.5) is 0 Å². The average molecular weight is 222 g/mol. The summed E-state index contributed by atoms with van der Waals surface area (Å²) in [5, 5.41) is 13.8. The van der Waals surface area contributed by atoms with Crippen LogP contribution in [0.25, 0.3) is 0 Å². The molecule has 1 N–H and O–H groups in total. The summed E-state index contributed by atoms with van der Waals surface area (Å²) in [4.78, 5) is 11.7. The molecule has 0 spiro atoms. The average Bonchev–Trinajstić information content (AvgIpc) is 2.29. The molecule has 0 amide bonds. The van der Waals surface area contributed by atoms with Gasteiger partial charge in [0.25, 0.3) is 5.56 Å². The van der Waals surface area contributed by atoms with Gasteiger partial charge < -0.3 is 5.11 Å². The Morgan fingerprint density at radius 1 is 1.56 bits per heavy atom. The molecule has 4 heteroatoms. The zero-order valence-electron chi connectivity index (χ0n) is 9.54.